The average molecular weight is 282 g/mol. The zero-order valence-electron chi connectivity index (χ0n) is 14.0. The fourth-order valence-corrected chi connectivity index (χ4v) is 3.02. The molecule has 3 heteroatoms. The monoisotopic (exact) mass is 282 g/mol. The van der Waals surface area contributed by atoms with Crippen LogP contribution in [0.2, 0.25) is 0 Å². The third kappa shape index (κ3) is 5.82. The van der Waals surface area contributed by atoms with Crippen molar-refractivity contribution in [2.24, 2.45) is 5.92 Å². The molecule has 0 aliphatic carbocycles. The highest BCUT2D eigenvalue weighted by molar-refractivity contribution is 5.82. The minimum atomic E-state index is 0.106. The van der Waals surface area contributed by atoms with E-state index in [0.29, 0.717) is 12.0 Å². The molecule has 3 atom stereocenters. The minimum absolute atomic E-state index is 0.106. The lowest BCUT2D eigenvalue weighted by Crippen LogP contribution is -2.46. The summed E-state index contributed by atoms with van der Waals surface area (Å²) in [5, 5.41) is 3.22. The summed E-state index contributed by atoms with van der Waals surface area (Å²) in [6.07, 6.45) is 10.0. The molecule has 0 aromatic rings. The first-order valence-electron chi connectivity index (χ1n) is 8.56. The number of hydrogen-bond acceptors (Lipinski definition) is 2. The van der Waals surface area contributed by atoms with Crippen molar-refractivity contribution >= 4 is 5.91 Å². The van der Waals surface area contributed by atoms with E-state index in [1.54, 1.807) is 0 Å². The molecule has 0 aromatic heterocycles. The van der Waals surface area contributed by atoms with Gasteiger partial charge in [0, 0.05) is 6.04 Å². The second kappa shape index (κ2) is 9.38. The predicted octanol–water partition coefficient (Wildman–Crippen LogP) is 3.58. The van der Waals surface area contributed by atoms with E-state index in [1.807, 2.05) is 0 Å². The van der Waals surface area contributed by atoms with Crippen LogP contribution in [0, 0.1) is 5.92 Å². The van der Waals surface area contributed by atoms with Crippen molar-refractivity contribution < 1.29 is 4.79 Å². The molecule has 20 heavy (non-hydrogen) atoms. The first kappa shape index (κ1) is 17.5. The molecule has 2 unspecified atom stereocenters. The maximum atomic E-state index is 12.2. The molecule has 1 fully saturated rings. The van der Waals surface area contributed by atoms with Crippen LogP contribution >= 0.6 is 0 Å². The Morgan fingerprint density at radius 3 is 2.55 bits per heavy atom. The zero-order chi connectivity index (χ0) is 15.0. The highest BCUT2D eigenvalue weighted by Gasteiger charge is 2.29. The summed E-state index contributed by atoms with van der Waals surface area (Å²) < 4.78 is 0. The first-order valence-corrected chi connectivity index (χ1v) is 8.56. The SMILES string of the molecule is CCCCCCCC(C)C(C)NC(=O)[C@H]1CCCN1C. The summed E-state index contributed by atoms with van der Waals surface area (Å²) in [7, 11) is 2.05. The number of unbranched alkanes of at least 4 members (excludes halogenated alkanes) is 4. The van der Waals surface area contributed by atoms with E-state index >= 15 is 0 Å². The normalized spacial score (nSPS) is 22.7. The number of nitrogens with one attached hydrogen (secondary N) is 1. The Labute approximate surface area is 125 Å². The molecule has 3 nitrogen and oxygen atoms in total. The number of likely N-dealkylation sites (tertiary alicyclic amines) is 1. The van der Waals surface area contributed by atoms with E-state index in [2.05, 4.69) is 38.0 Å². The Morgan fingerprint density at radius 2 is 1.95 bits per heavy atom. The highest BCUT2D eigenvalue weighted by Crippen LogP contribution is 2.17. The van der Waals surface area contributed by atoms with Crippen molar-refractivity contribution in [1.82, 2.24) is 10.2 Å². The van der Waals surface area contributed by atoms with E-state index < -0.39 is 0 Å². The molecule has 1 amide bonds. The third-order valence-electron chi connectivity index (χ3n) is 4.81. The molecule has 0 radical (unpaired) electrons. The van der Waals surface area contributed by atoms with Crippen molar-refractivity contribution in [3.05, 3.63) is 0 Å². The molecule has 0 saturated carbocycles. The molecule has 0 aromatic carbocycles. The number of rotatable bonds is 9. The van der Waals surface area contributed by atoms with Crippen molar-refractivity contribution in [3.63, 3.8) is 0 Å². The zero-order valence-corrected chi connectivity index (χ0v) is 14.0. The van der Waals surface area contributed by atoms with Crippen LogP contribution in [0.25, 0.3) is 0 Å². The van der Waals surface area contributed by atoms with Gasteiger partial charge in [-0.2, -0.15) is 0 Å². The van der Waals surface area contributed by atoms with Gasteiger partial charge in [0.2, 0.25) is 5.91 Å². The van der Waals surface area contributed by atoms with Gasteiger partial charge in [0.25, 0.3) is 0 Å². The third-order valence-corrected chi connectivity index (χ3v) is 4.81. The largest absolute Gasteiger partial charge is 0.352 e. The van der Waals surface area contributed by atoms with E-state index in [0.717, 1.165) is 19.4 Å². The van der Waals surface area contributed by atoms with Crippen molar-refractivity contribution in [2.75, 3.05) is 13.6 Å². The summed E-state index contributed by atoms with van der Waals surface area (Å²) in [6, 6.07) is 0.400. The van der Waals surface area contributed by atoms with Gasteiger partial charge in [0.15, 0.2) is 0 Å². The van der Waals surface area contributed by atoms with Crippen molar-refractivity contribution in [3.8, 4) is 0 Å². The summed E-state index contributed by atoms with van der Waals surface area (Å²) in [5.74, 6) is 0.808. The first-order chi connectivity index (χ1) is 9.56. The molecular formula is C17H34N2O. The number of amides is 1. The summed E-state index contributed by atoms with van der Waals surface area (Å²) >= 11 is 0. The van der Waals surface area contributed by atoms with Gasteiger partial charge in [-0.25, -0.2) is 0 Å². The van der Waals surface area contributed by atoms with Gasteiger partial charge >= 0.3 is 0 Å². The topological polar surface area (TPSA) is 32.3 Å². The molecular weight excluding hydrogens is 248 g/mol. The maximum Gasteiger partial charge on any atom is 0.237 e. The molecule has 1 aliphatic heterocycles. The smallest absolute Gasteiger partial charge is 0.237 e. The number of carbonyl (C=O) groups is 1. The van der Waals surface area contributed by atoms with Crippen molar-refractivity contribution in [2.45, 2.75) is 84.2 Å². The average Bonchev–Trinajstić information content (AvgIpc) is 2.84. The van der Waals surface area contributed by atoms with Crippen LogP contribution in [0.5, 0.6) is 0 Å². The minimum Gasteiger partial charge on any atom is -0.352 e. The Morgan fingerprint density at radius 1 is 1.25 bits per heavy atom. The molecule has 0 spiro atoms. The van der Waals surface area contributed by atoms with E-state index in [-0.39, 0.29) is 11.9 Å². The lowest BCUT2D eigenvalue weighted by atomic mass is 9.95. The standard InChI is InChI=1S/C17H34N2O/c1-5-6-7-8-9-11-14(2)15(3)18-17(20)16-12-10-13-19(16)4/h14-16H,5-13H2,1-4H3,(H,18,20)/t14?,15?,16-/m1/s1. The van der Waals surface area contributed by atoms with Crippen LogP contribution < -0.4 is 5.32 Å². The van der Waals surface area contributed by atoms with Gasteiger partial charge in [-0.05, 0) is 45.7 Å². The number of nitrogens with zero attached hydrogens (tertiary/aromatic N) is 1. The van der Waals surface area contributed by atoms with Crippen LogP contribution in [-0.2, 0) is 4.79 Å². The molecule has 1 saturated heterocycles. The quantitative estimate of drug-likeness (QED) is 0.656. The van der Waals surface area contributed by atoms with Gasteiger partial charge < -0.3 is 5.32 Å². The molecule has 1 N–H and O–H groups in total. The van der Waals surface area contributed by atoms with Crippen LogP contribution in [0.1, 0.15) is 72.1 Å². The van der Waals surface area contributed by atoms with Gasteiger partial charge in [0.1, 0.15) is 0 Å². The Hall–Kier alpha value is -0.570. The van der Waals surface area contributed by atoms with Crippen molar-refractivity contribution in [1.29, 1.82) is 0 Å². The lowest BCUT2D eigenvalue weighted by molar-refractivity contribution is -0.126. The molecule has 1 aliphatic rings. The summed E-state index contributed by atoms with van der Waals surface area (Å²) in [6.45, 7) is 7.73. The highest BCUT2D eigenvalue weighted by atomic mass is 16.2. The van der Waals surface area contributed by atoms with Gasteiger partial charge in [-0.1, -0.05) is 46.0 Å². The maximum absolute atomic E-state index is 12.2. The number of likely N-dealkylation sites (N-methyl/N-ethyl adjacent to an activating group) is 1. The summed E-state index contributed by atoms with van der Waals surface area (Å²) in [5.41, 5.74) is 0. The fourth-order valence-electron chi connectivity index (χ4n) is 3.02. The van der Waals surface area contributed by atoms with E-state index in [1.165, 1.54) is 38.5 Å². The number of hydrogen-bond donors (Lipinski definition) is 1. The second-order valence-corrected chi connectivity index (χ2v) is 6.62. The molecule has 0 bridgehead atoms. The van der Waals surface area contributed by atoms with E-state index in [9.17, 15) is 4.79 Å². The molecule has 118 valence electrons. The molecule has 1 rings (SSSR count). The number of carbonyl (C=O) groups excluding carboxylic acids is 1. The van der Waals surface area contributed by atoms with Crippen LogP contribution in [0.15, 0.2) is 0 Å². The predicted molar refractivity (Wildman–Crippen MR) is 85.8 cm³/mol. The Balaban J connectivity index is 2.20. The van der Waals surface area contributed by atoms with Gasteiger partial charge in [-0.3, -0.25) is 9.69 Å². The molecule has 1 heterocycles. The van der Waals surface area contributed by atoms with Gasteiger partial charge in [0.05, 0.1) is 6.04 Å². The summed E-state index contributed by atoms with van der Waals surface area (Å²) in [4.78, 5) is 14.4. The van der Waals surface area contributed by atoms with Crippen LogP contribution in [0.4, 0.5) is 0 Å². The second-order valence-electron chi connectivity index (χ2n) is 6.62. The lowest BCUT2D eigenvalue weighted by Gasteiger charge is -2.25. The van der Waals surface area contributed by atoms with Gasteiger partial charge in [-0.15, -0.1) is 0 Å². The fraction of sp³-hybridized carbons (Fsp3) is 0.941. The van der Waals surface area contributed by atoms with Crippen LogP contribution in [-0.4, -0.2) is 36.5 Å². The van der Waals surface area contributed by atoms with E-state index in [4.69, 9.17) is 0 Å². The Kier molecular flexibility index (Phi) is 8.20. The van der Waals surface area contributed by atoms with Crippen LogP contribution in [0.3, 0.4) is 0 Å². The Bertz CT molecular complexity index is 280.